The van der Waals surface area contributed by atoms with Crippen LogP contribution in [0.5, 0.6) is 0 Å². The van der Waals surface area contributed by atoms with Crippen LogP contribution in [0.2, 0.25) is 0 Å². The Kier molecular flexibility index (Phi) is 16.2. The Hall–Kier alpha value is -3.01. The minimum Gasteiger partial charge on any atom is -0.480 e. The first-order valence-electron chi connectivity index (χ1n) is 12.6. The number of amides is 1. The zero-order chi connectivity index (χ0) is 31.1. The van der Waals surface area contributed by atoms with Crippen LogP contribution in [-0.4, -0.2) is 195 Å². The van der Waals surface area contributed by atoms with E-state index in [2.05, 4.69) is 10.6 Å². The van der Waals surface area contributed by atoms with E-state index in [1.165, 1.54) is 9.80 Å². The highest BCUT2D eigenvalue weighted by Crippen LogP contribution is 2.19. The average molecular weight is 598 g/mol. The van der Waals surface area contributed by atoms with Crippen LogP contribution in [0.15, 0.2) is 0 Å². The Balaban J connectivity index is 2.55. The Bertz CT molecular complexity index is 864. The second-order valence-electron chi connectivity index (χ2n) is 9.36. The Morgan fingerprint density at radius 3 is 1.51 bits per heavy atom. The lowest BCUT2D eigenvalue weighted by molar-refractivity contribution is -0.280. The molecule has 1 amide bonds. The van der Waals surface area contributed by atoms with E-state index < -0.39 is 86.7 Å². The van der Waals surface area contributed by atoms with E-state index in [4.69, 9.17) is 14.9 Å². The van der Waals surface area contributed by atoms with E-state index in [0.717, 1.165) is 4.90 Å². The van der Waals surface area contributed by atoms with E-state index in [9.17, 15) is 54.6 Å². The van der Waals surface area contributed by atoms with Crippen LogP contribution in [-0.2, 0) is 28.7 Å². The fourth-order valence-electron chi connectivity index (χ4n) is 3.92. The van der Waals surface area contributed by atoms with Gasteiger partial charge in [-0.15, -0.1) is 0 Å². The molecule has 5 atom stereocenters. The number of carbonyl (C=O) groups is 5. The van der Waals surface area contributed by atoms with Crippen molar-refractivity contribution in [3.63, 3.8) is 0 Å². The van der Waals surface area contributed by atoms with Gasteiger partial charge in [-0.2, -0.15) is 0 Å². The van der Waals surface area contributed by atoms with Gasteiger partial charge in [-0.25, -0.2) is 0 Å². The second kappa shape index (κ2) is 18.4. The van der Waals surface area contributed by atoms with Crippen molar-refractivity contribution in [2.45, 2.75) is 30.7 Å². The Morgan fingerprint density at radius 1 is 0.585 bits per heavy atom. The Morgan fingerprint density at radius 2 is 1.02 bits per heavy atom. The summed E-state index contributed by atoms with van der Waals surface area (Å²) in [5, 5.41) is 80.3. The smallest absolute Gasteiger partial charge is 0.317 e. The van der Waals surface area contributed by atoms with E-state index in [0.29, 0.717) is 0 Å². The summed E-state index contributed by atoms with van der Waals surface area (Å²) in [5.41, 5.74) is 0. The molecule has 19 heteroatoms. The van der Waals surface area contributed by atoms with Gasteiger partial charge in [0.2, 0.25) is 5.91 Å². The summed E-state index contributed by atoms with van der Waals surface area (Å²) in [4.78, 5) is 60.6. The van der Waals surface area contributed by atoms with Crippen LogP contribution in [0.25, 0.3) is 0 Å². The van der Waals surface area contributed by atoms with Crippen LogP contribution in [0.4, 0.5) is 0 Å². The molecule has 1 saturated heterocycles. The maximum Gasteiger partial charge on any atom is 0.317 e. The van der Waals surface area contributed by atoms with Crippen LogP contribution in [0.3, 0.4) is 0 Å². The molecule has 0 aromatic heterocycles. The molecule has 1 heterocycles. The summed E-state index contributed by atoms with van der Waals surface area (Å²) in [6.45, 7) is -2.48. The zero-order valence-electron chi connectivity index (χ0n) is 22.2. The first kappa shape index (κ1) is 36.0. The van der Waals surface area contributed by atoms with Crippen LogP contribution < -0.4 is 10.6 Å². The number of carboxylic acids is 4. The minimum absolute atomic E-state index is 0.0154. The van der Waals surface area contributed by atoms with Gasteiger partial charge in [-0.3, -0.25) is 38.7 Å². The molecule has 0 aromatic carbocycles. The van der Waals surface area contributed by atoms with Gasteiger partial charge in [0, 0.05) is 45.8 Å². The number of hydrogen-bond donors (Lipinski definition) is 10. The van der Waals surface area contributed by atoms with Gasteiger partial charge in [-0.1, -0.05) is 0 Å². The van der Waals surface area contributed by atoms with Crippen molar-refractivity contribution in [2.24, 2.45) is 0 Å². The Labute approximate surface area is 234 Å². The quantitative estimate of drug-likeness (QED) is 0.0550. The monoisotopic (exact) mass is 597 g/mol. The van der Waals surface area contributed by atoms with Gasteiger partial charge in [-0.05, 0) is 0 Å². The topological polar surface area (TPSA) is 290 Å². The number of nitrogens with zero attached hydrogens (tertiary/aromatic N) is 3. The third-order valence-corrected chi connectivity index (χ3v) is 5.92. The van der Waals surface area contributed by atoms with Crippen molar-refractivity contribution in [3.8, 4) is 0 Å². The summed E-state index contributed by atoms with van der Waals surface area (Å²) in [5.74, 6) is -5.52. The molecule has 1 fully saturated rings. The number of aliphatic hydroxyl groups excluding tert-OH is 4. The second-order valence-corrected chi connectivity index (χ2v) is 9.36. The van der Waals surface area contributed by atoms with E-state index >= 15 is 0 Å². The average Bonchev–Trinajstić information content (AvgIpc) is 2.85. The fraction of sp³-hybridized carbons (Fsp3) is 0.773. The third kappa shape index (κ3) is 15.0. The van der Waals surface area contributed by atoms with Gasteiger partial charge in [0.1, 0.15) is 24.4 Å². The summed E-state index contributed by atoms with van der Waals surface area (Å²) in [6, 6.07) is 0. The lowest BCUT2D eigenvalue weighted by atomic mass is 9.99. The van der Waals surface area contributed by atoms with Gasteiger partial charge in [0.25, 0.3) is 0 Å². The van der Waals surface area contributed by atoms with Gasteiger partial charge >= 0.3 is 23.9 Å². The van der Waals surface area contributed by atoms with E-state index in [-0.39, 0.29) is 52.4 Å². The molecule has 1 aliphatic rings. The first-order valence-corrected chi connectivity index (χ1v) is 12.6. The SMILES string of the molecule is O=C(O)CN(CCN(CC(=O)O)CC(=O)O)CCN(CC(=O)O)CC(=O)NCCNCC1O[C@H](O)C(O)[C@@H](O)[C@@H]1O. The molecule has 0 aromatic rings. The number of aliphatic hydroxyl groups is 4. The van der Waals surface area contributed by atoms with Crippen LogP contribution >= 0.6 is 0 Å². The molecule has 0 bridgehead atoms. The molecule has 236 valence electrons. The molecular formula is C22H39N5O14. The first-order chi connectivity index (χ1) is 19.2. The number of hydrogen-bond acceptors (Lipinski definition) is 14. The van der Waals surface area contributed by atoms with Gasteiger partial charge in [0.15, 0.2) is 6.29 Å². The number of rotatable bonds is 21. The van der Waals surface area contributed by atoms with Crippen LogP contribution in [0.1, 0.15) is 0 Å². The highest BCUT2D eigenvalue weighted by Gasteiger charge is 2.42. The molecule has 0 aliphatic carbocycles. The number of carbonyl (C=O) groups excluding carboxylic acids is 1. The molecule has 41 heavy (non-hydrogen) atoms. The normalized spacial score (nSPS) is 22.7. The summed E-state index contributed by atoms with van der Waals surface area (Å²) in [7, 11) is 0. The fourth-order valence-corrected chi connectivity index (χ4v) is 3.92. The number of carboxylic acid groups (broad SMARTS) is 4. The van der Waals surface area contributed by atoms with Crippen molar-refractivity contribution in [3.05, 3.63) is 0 Å². The van der Waals surface area contributed by atoms with Crippen molar-refractivity contribution >= 4 is 29.8 Å². The maximum atomic E-state index is 12.4. The summed E-state index contributed by atoms with van der Waals surface area (Å²) >= 11 is 0. The van der Waals surface area contributed by atoms with Crippen molar-refractivity contribution in [2.75, 3.05) is 78.5 Å². The zero-order valence-corrected chi connectivity index (χ0v) is 22.2. The molecule has 19 nitrogen and oxygen atoms in total. The highest BCUT2D eigenvalue weighted by molar-refractivity contribution is 5.79. The molecular weight excluding hydrogens is 558 g/mol. The predicted molar refractivity (Wildman–Crippen MR) is 135 cm³/mol. The molecule has 10 N–H and O–H groups in total. The van der Waals surface area contributed by atoms with Crippen molar-refractivity contribution in [1.82, 2.24) is 25.3 Å². The molecule has 0 saturated carbocycles. The lowest BCUT2D eigenvalue weighted by Gasteiger charge is -2.38. The number of aliphatic carboxylic acids is 4. The molecule has 1 aliphatic heterocycles. The summed E-state index contributed by atoms with van der Waals surface area (Å²) in [6.07, 6.45) is -7.43. The van der Waals surface area contributed by atoms with E-state index in [1.807, 2.05) is 0 Å². The van der Waals surface area contributed by atoms with Crippen molar-refractivity contribution in [1.29, 1.82) is 0 Å². The molecule has 0 radical (unpaired) electrons. The van der Waals surface area contributed by atoms with Crippen molar-refractivity contribution < 1.29 is 69.6 Å². The molecule has 1 rings (SSSR count). The summed E-state index contributed by atoms with van der Waals surface area (Å²) < 4.78 is 5.02. The van der Waals surface area contributed by atoms with Gasteiger partial charge < -0.3 is 56.2 Å². The molecule has 0 spiro atoms. The van der Waals surface area contributed by atoms with E-state index in [1.54, 1.807) is 0 Å². The lowest BCUT2D eigenvalue weighted by Crippen LogP contribution is -2.59. The van der Waals surface area contributed by atoms with Gasteiger partial charge in [0.05, 0.1) is 32.7 Å². The number of nitrogens with one attached hydrogen (secondary N) is 2. The standard InChI is InChI=1S/C22H39N5O14/c28-14(24-2-1-23-7-13-19(37)20(38)21(39)22(40)41-13)8-26(10-16(31)32)5-3-25(9-15(29)30)4-6-27(11-17(33)34)12-18(35)36/h13,19-23,37-40H,1-12H2,(H,24,28)(H,29,30)(H,31,32)(H,33,34)(H,35,36)/t13?,19-,20+,21?,22+/m1/s1. The maximum absolute atomic E-state index is 12.4. The molecule has 2 unspecified atom stereocenters. The highest BCUT2D eigenvalue weighted by atomic mass is 16.6. The largest absolute Gasteiger partial charge is 0.480 e. The van der Waals surface area contributed by atoms with Crippen LogP contribution in [0, 0.1) is 0 Å². The minimum atomic E-state index is -1.68. The predicted octanol–water partition coefficient (Wildman–Crippen LogP) is -6.26. The number of ether oxygens (including phenoxy) is 1. The third-order valence-electron chi connectivity index (χ3n) is 5.92.